The van der Waals surface area contributed by atoms with E-state index in [1.165, 1.54) is 74.6 Å². The zero-order valence-corrected chi connectivity index (χ0v) is 27.1. The van der Waals surface area contributed by atoms with E-state index >= 15 is 0 Å². The Kier molecular flexibility index (Phi) is 13.9. The highest BCUT2D eigenvalue weighted by atomic mass is 28.4. The molecule has 0 bridgehead atoms. The van der Waals surface area contributed by atoms with Gasteiger partial charge < -0.3 is 19.6 Å². The van der Waals surface area contributed by atoms with Crippen molar-refractivity contribution in [1.29, 1.82) is 0 Å². The topological polar surface area (TPSA) is 67.8 Å². The van der Waals surface area contributed by atoms with Gasteiger partial charge in [-0.2, -0.15) is 0 Å². The number of alkyl carbamates (subject to hydrolysis) is 1. The average molecular weight is 582 g/mol. The zero-order chi connectivity index (χ0) is 29.6. The van der Waals surface area contributed by atoms with Crippen molar-refractivity contribution in [3.8, 4) is 0 Å². The highest BCUT2D eigenvalue weighted by molar-refractivity contribution is 6.99. The van der Waals surface area contributed by atoms with Crippen molar-refractivity contribution in [3.05, 3.63) is 60.7 Å². The summed E-state index contributed by atoms with van der Waals surface area (Å²) >= 11 is 0. The first-order valence-electron chi connectivity index (χ1n) is 16.2. The second-order valence-electron chi connectivity index (χ2n) is 12.8. The van der Waals surface area contributed by atoms with E-state index in [0.717, 1.165) is 12.8 Å². The van der Waals surface area contributed by atoms with E-state index in [0.29, 0.717) is 13.0 Å². The average Bonchev–Trinajstić information content (AvgIpc) is 3.34. The monoisotopic (exact) mass is 581 g/mol. The molecule has 0 aliphatic carbocycles. The van der Waals surface area contributed by atoms with Gasteiger partial charge in [0.05, 0.1) is 18.8 Å². The maximum Gasteiger partial charge on any atom is 0.408 e. The summed E-state index contributed by atoms with van der Waals surface area (Å²) < 4.78 is 12.6. The standard InChI is InChI=1S/C35H55NO4Si/c1-5-6-7-8-9-10-11-12-13-14-15-22-27-32(37)33-31(36-34(38)40-33)28-39-41(35(2,3)4,29-23-18-16-19-24-29)30-25-20-17-21-26-30/h16-21,23-26,31-33,37H,5-15,22,27-28H2,1-4H3,(H,36,38)/t31-,32+,33+/m0/s1. The van der Waals surface area contributed by atoms with Crippen LogP contribution in [0.15, 0.2) is 60.7 Å². The maximum absolute atomic E-state index is 12.3. The van der Waals surface area contributed by atoms with Gasteiger partial charge in [-0.25, -0.2) is 4.79 Å². The van der Waals surface area contributed by atoms with E-state index in [1.54, 1.807) is 0 Å². The van der Waals surface area contributed by atoms with Crippen LogP contribution < -0.4 is 15.7 Å². The number of carbonyl (C=O) groups is 1. The van der Waals surface area contributed by atoms with E-state index in [9.17, 15) is 9.90 Å². The summed E-state index contributed by atoms with van der Waals surface area (Å²) in [6, 6.07) is 20.6. The van der Waals surface area contributed by atoms with Gasteiger partial charge in [0, 0.05) is 0 Å². The van der Waals surface area contributed by atoms with E-state index < -0.39 is 32.7 Å². The van der Waals surface area contributed by atoms with Crippen LogP contribution in [0.1, 0.15) is 111 Å². The number of benzene rings is 2. The van der Waals surface area contributed by atoms with Crippen LogP contribution in [0, 0.1) is 0 Å². The molecule has 1 amide bonds. The first kappa shape index (κ1) is 33.4. The molecule has 2 N–H and O–H groups in total. The quantitative estimate of drug-likeness (QED) is 0.133. The number of aliphatic hydroxyl groups is 1. The van der Waals surface area contributed by atoms with E-state index in [4.69, 9.17) is 9.16 Å². The molecule has 0 spiro atoms. The molecule has 0 saturated carbocycles. The van der Waals surface area contributed by atoms with Crippen molar-refractivity contribution in [3.63, 3.8) is 0 Å². The minimum absolute atomic E-state index is 0.164. The minimum atomic E-state index is -2.75. The number of nitrogens with one attached hydrogen (secondary N) is 1. The summed E-state index contributed by atoms with van der Waals surface area (Å²) in [5.41, 5.74) is 0. The summed E-state index contributed by atoms with van der Waals surface area (Å²) in [6.07, 6.45) is 14.2. The second-order valence-corrected chi connectivity index (χ2v) is 17.1. The molecule has 2 aromatic rings. The number of carbonyl (C=O) groups excluding carboxylic acids is 1. The van der Waals surface area contributed by atoms with Crippen molar-refractivity contribution < 1.29 is 19.1 Å². The van der Waals surface area contributed by atoms with Gasteiger partial charge >= 0.3 is 6.09 Å². The first-order valence-corrected chi connectivity index (χ1v) is 18.1. The van der Waals surface area contributed by atoms with Crippen LogP contribution in [0.2, 0.25) is 5.04 Å². The smallest absolute Gasteiger partial charge is 0.408 e. The Balaban J connectivity index is 1.53. The summed E-state index contributed by atoms with van der Waals surface area (Å²) in [5.74, 6) is 0. The largest absolute Gasteiger partial charge is 0.441 e. The summed E-state index contributed by atoms with van der Waals surface area (Å²) in [5, 5.41) is 16.2. The molecule has 3 atom stereocenters. The molecule has 0 radical (unpaired) electrons. The molecule has 41 heavy (non-hydrogen) atoms. The fourth-order valence-electron chi connectivity index (χ4n) is 6.29. The third-order valence-corrected chi connectivity index (χ3v) is 13.6. The lowest BCUT2D eigenvalue weighted by molar-refractivity contribution is 0.00612. The Bertz CT molecular complexity index is 955. The Labute approximate surface area is 250 Å². The highest BCUT2D eigenvalue weighted by Crippen LogP contribution is 2.37. The predicted octanol–water partition coefficient (Wildman–Crippen LogP) is 7.49. The van der Waals surface area contributed by atoms with Crippen molar-refractivity contribution >= 4 is 24.8 Å². The van der Waals surface area contributed by atoms with Crippen LogP contribution in [0.5, 0.6) is 0 Å². The normalized spacial score (nSPS) is 18.2. The molecular weight excluding hydrogens is 526 g/mol. The van der Waals surface area contributed by atoms with E-state index in [2.05, 4.69) is 81.5 Å². The SMILES string of the molecule is CCCCCCCCCCCCCC[C@@H](O)[C@@H]1OC(=O)N[C@H]1CO[Si](c1ccccc1)(c1ccccc1)C(C)(C)C. The van der Waals surface area contributed by atoms with Gasteiger partial charge in [0.1, 0.15) is 0 Å². The molecule has 2 aromatic carbocycles. The van der Waals surface area contributed by atoms with Crippen molar-refractivity contribution in [2.45, 2.75) is 134 Å². The zero-order valence-electron chi connectivity index (χ0n) is 26.1. The number of aliphatic hydroxyl groups excluding tert-OH is 1. The molecule has 6 heteroatoms. The number of hydrogen-bond donors (Lipinski definition) is 2. The molecule has 1 fully saturated rings. The lowest BCUT2D eigenvalue weighted by Crippen LogP contribution is -2.67. The lowest BCUT2D eigenvalue weighted by atomic mass is 10.00. The van der Waals surface area contributed by atoms with Gasteiger partial charge in [-0.15, -0.1) is 0 Å². The molecular formula is C35H55NO4Si. The Morgan fingerprint density at radius 2 is 1.27 bits per heavy atom. The van der Waals surface area contributed by atoms with Crippen LogP contribution in [0.4, 0.5) is 4.79 Å². The number of rotatable bonds is 19. The Hall–Kier alpha value is -2.15. The lowest BCUT2D eigenvalue weighted by Gasteiger charge is -2.43. The van der Waals surface area contributed by atoms with Crippen molar-refractivity contribution in [2.24, 2.45) is 0 Å². The van der Waals surface area contributed by atoms with Crippen LogP contribution in [0.3, 0.4) is 0 Å². The van der Waals surface area contributed by atoms with E-state index in [1.807, 2.05) is 12.1 Å². The van der Waals surface area contributed by atoms with Gasteiger partial charge in [0.15, 0.2) is 6.10 Å². The molecule has 228 valence electrons. The van der Waals surface area contributed by atoms with Gasteiger partial charge in [-0.1, -0.05) is 165 Å². The van der Waals surface area contributed by atoms with Crippen molar-refractivity contribution in [2.75, 3.05) is 6.61 Å². The number of ether oxygens (including phenoxy) is 1. The number of amides is 1. The molecule has 1 aliphatic heterocycles. The van der Waals surface area contributed by atoms with Crippen LogP contribution in [0.25, 0.3) is 0 Å². The Morgan fingerprint density at radius 1 is 0.805 bits per heavy atom. The fourth-order valence-corrected chi connectivity index (χ4v) is 10.9. The van der Waals surface area contributed by atoms with Gasteiger partial charge in [0.25, 0.3) is 8.32 Å². The molecule has 5 nitrogen and oxygen atoms in total. The van der Waals surface area contributed by atoms with Crippen LogP contribution in [-0.4, -0.2) is 44.4 Å². The van der Waals surface area contributed by atoms with Gasteiger partial charge in [0.2, 0.25) is 0 Å². The third kappa shape index (κ3) is 9.69. The predicted molar refractivity (Wildman–Crippen MR) is 172 cm³/mol. The highest BCUT2D eigenvalue weighted by Gasteiger charge is 2.51. The number of hydrogen-bond acceptors (Lipinski definition) is 4. The minimum Gasteiger partial charge on any atom is -0.441 e. The second kappa shape index (κ2) is 17.1. The molecule has 1 heterocycles. The molecule has 1 aliphatic rings. The van der Waals surface area contributed by atoms with Gasteiger partial charge in [-0.05, 0) is 21.8 Å². The molecule has 3 rings (SSSR count). The van der Waals surface area contributed by atoms with Gasteiger partial charge in [-0.3, -0.25) is 0 Å². The maximum atomic E-state index is 12.3. The molecule has 1 saturated heterocycles. The number of cyclic esters (lactones) is 1. The van der Waals surface area contributed by atoms with Crippen molar-refractivity contribution in [1.82, 2.24) is 5.32 Å². The van der Waals surface area contributed by atoms with E-state index in [-0.39, 0.29) is 5.04 Å². The molecule has 0 aromatic heterocycles. The third-order valence-electron chi connectivity index (χ3n) is 8.57. The summed E-state index contributed by atoms with van der Waals surface area (Å²) in [4.78, 5) is 12.3. The van der Waals surface area contributed by atoms with Crippen LogP contribution >= 0.6 is 0 Å². The Morgan fingerprint density at radius 3 is 1.73 bits per heavy atom. The molecule has 0 unspecified atom stereocenters. The first-order chi connectivity index (χ1) is 19.8. The summed E-state index contributed by atoms with van der Waals surface area (Å²) in [7, 11) is -2.75. The number of unbranched alkanes of at least 4 members (excludes halogenated alkanes) is 11. The summed E-state index contributed by atoms with van der Waals surface area (Å²) in [6.45, 7) is 9.27. The fraction of sp³-hybridized carbons (Fsp3) is 0.629. The van der Waals surface area contributed by atoms with Crippen LogP contribution in [-0.2, 0) is 9.16 Å².